The average molecular weight is 568 g/mol. The molecule has 8 nitrogen and oxygen atoms in total. The molecule has 0 spiro atoms. The molecule has 0 radical (unpaired) electrons. The molecule has 1 aliphatic rings. The molecule has 206 valence electrons. The lowest BCUT2D eigenvalue weighted by molar-refractivity contribution is -0.137. The minimum Gasteiger partial charge on any atom is -0.439 e. The van der Waals surface area contributed by atoms with Crippen LogP contribution in [0.5, 0.6) is 11.6 Å². The van der Waals surface area contributed by atoms with Gasteiger partial charge in [-0.15, -0.1) is 11.3 Å². The highest BCUT2D eigenvalue weighted by molar-refractivity contribution is 7.09. The van der Waals surface area contributed by atoms with Crippen molar-refractivity contribution in [1.29, 1.82) is 0 Å². The highest BCUT2D eigenvalue weighted by Gasteiger charge is 2.30. The Morgan fingerprint density at radius 3 is 2.20 bits per heavy atom. The van der Waals surface area contributed by atoms with Crippen molar-refractivity contribution >= 4 is 28.8 Å². The van der Waals surface area contributed by atoms with Crippen molar-refractivity contribution < 1.29 is 27.5 Å². The van der Waals surface area contributed by atoms with Crippen LogP contribution in [0.25, 0.3) is 0 Å². The van der Waals surface area contributed by atoms with Gasteiger partial charge in [0, 0.05) is 54.9 Å². The predicted molar refractivity (Wildman–Crippen MR) is 143 cm³/mol. The SMILES string of the molecule is O=C(Nc1ccc(Oc2ccc(C(=O)N3CCN(Cc4nccs4)CC3)cc2)nc1)c1ccc(C(F)(F)F)cc1. The van der Waals surface area contributed by atoms with E-state index in [2.05, 4.69) is 20.2 Å². The van der Waals surface area contributed by atoms with E-state index >= 15 is 0 Å². The van der Waals surface area contributed by atoms with Gasteiger partial charge in [0.05, 0.1) is 24.0 Å². The van der Waals surface area contributed by atoms with E-state index < -0.39 is 17.6 Å². The Balaban J connectivity index is 1.11. The van der Waals surface area contributed by atoms with E-state index in [9.17, 15) is 22.8 Å². The third kappa shape index (κ3) is 6.82. The number of benzene rings is 2. The predicted octanol–water partition coefficient (Wildman–Crippen LogP) is 5.56. The van der Waals surface area contributed by atoms with E-state index in [0.29, 0.717) is 30.1 Å². The van der Waals surface area contributed by atoms with Crippen molar-refractivity contribution in [3.63, 3.8) is 0 Å². The normalized spacial score (nSPS) is 14.1. The molecule has 1 N–H and O–H groups in total. The van der Waals surface area contributed by atoms with Crippen molar-refractivity contribution in [1.82, 2.24) is 19.8 Å². The molecule has 2 amide bonds. The second kappa shape index (κ2) is 11.8. The highest BCUT2D eigenvalue weighted by Crippen LogP contribution is 2.29. The van der Waals surface area contributed by atoms with Crippen LogP contribution in [-0.2, 0) is 12.7 Å². The fraction of sp³-hybridized carbons (Fsp3) is 0.214. The van der Waals surface area contributed by atoms with Crippen LogP contribution in [0.15, 0.2) is 78.4 Å². The summed E-state index contributed by atoms with van der Waals surface area (Å²) >= 11 is 1.63. The molecule has 1 aliphatic heterocycles. The third-order valence-electron chi connectivity index (χ3n) is 6.29. The van der Waals surface area contributed by atoms with Gasteiger partial charge in [-0.05, 0) is 54.6 Å². The van der Waals surface area contributed by atoms with Gasteiger partial charge < -0.3 is 15.0 Å². The number of carbonyl (C=O) groups excluding carboxylic acids is 2. The van der Waals surface area contributed by atoms with Crippen LogP contribution in [0.3, 0.4) is 0 Å². The van der Waals surface area contributed by atoms with Crippen LogP contribution >= 0.6 is 11.3 Å². The third-order valence-corrected chi connectivity index (χ3v) is 7.06. The molecule has 1 saturated heterocycles. The van der Waals surface area contributed by atoms with Crippen LogP contribution in [0, 0.1) is 0 Å². The number of pyridine rings is 1. The van der Waals surface area contributed by atoms with Gasteiger partial charge in [-0.25, -0.2) is 9.97 Å². The average Bonchev–Trinajstić information content (AvgIpc) is 3.47. The maximum absolute atomic E-state index is 12.9. The minimum absolute atomic E-state index is 0.0354. The Labute approximate surface area is 232 Å². The Hall–Kier alpha value is -4.29. The van der Waals surface area contributed by atoms with E-state index in [1.807, 2.05) is 10.3 Å². The zero-order valence-electron chi connectivity index (χ0n) is 21.1. The molecule has 0 saturated carbocycles. The second-order valence-corrected chi connectivity index (χ2v) is 10.0. The highest BCUT2D eigenvalue weighted by atomic mass is 32.1. The number of nitrogens with one attached hydrogen (secondary N) is 1. The number of carbonyl (C=O) groups is 2. The fourth-order valence-corrected chi connectivity index (χ4v) is 4.79. The smallest absolute Gasteiger partial charge is 0.416 e. The summed E-state index contributed by atoms with van der Waals surface area (Å²) in [7, 11) is 0. The molecule has 12 heteroatoms. The summed E-state index contributed by atoms with van der Waals surface area (Å²) in [6.07, 6.45) is -1.29. The van der Waals surface area contributed by atoms with Crippen molar-refractivity contribution in [3.05, 3.63) is 100 Å². The molecule has 5 rings (SSSR count). The summed E-state index contributed by atoms with van der Waals surface area (Å²) in [5.74, 6) is 0.152. The van der Waals surface area contributed by atoms with Crippen LogP contribution in [0.1, 0.15) is 31.3 Å². The molecule has 1 fully saturated rings. The molecule has 4 aromatic rings. The van der Waals surface area contributed by atoms with E-state index in [-0.39, 0.29) is 17.4 Å². The zero-order valence-corrected chi connectivity index (χ0v) is 21.9. The van der Waals surface area contributed by atoms with E-state index in [1.165, 1.54) is 6.20 Å². The summed E-state index contributed by atoms with van der Waals surface area (Å²) in [6, 6.07) is 13.8. The first-order chi connectivity index (χ1) is 19.2. The summed E-state index contributed by atoms with van der Waals surface area (Å²) in [4.78, 5) is 37.9. The molecular formula is C28H24F3N5O3S. The van der Waals surface area contributed by atoms with Crippen molar-refractivity contribution in [3.8, 4) is 11.6 Å². The van der Waals surface area contributed by atoms with Gasteiger partial charge in [0.1, 0.15) is 10.8 Å². The van der Waals surface area contributed by atoms with Gasteiger partial charge in [0.15, 0.2) is 0 Å². The first-order valence-corrected chi connectivity index (χ1v) is 13.3. The van der Waals surface area contributed by atoms with E-state index in [4.69, 9.17) is 4.74 Å². The number of ether oxygens (including phenoxy) is 1. The van der Waals surface area contributed by atoms with Gasteiger partial charge in [0.2, 0.25) is 5.88 Å². The number of aromatic nitrogens is 2. The number of nitrogens with zero attached hydrogens (tertiary/aromatic N) is 4. The molecule has 0 bridgehead atoms. The first kappa shape index (κ1) is 27.3. The van der Waals surface area contributed by atoms with Gasteiger partial charge >= 0.3 is 6.18 Å². The lowest BCUT2D eigenvalue weighted by Gasteiger charge is -2.34. The largest absolute Gasteiger partial charge is 0.439 e. The molecule has 0 unspecified atom stereocenters. The zero-order chi connectivity index (χ0) is 28.1. The summed E-state index contributed by atoms with van der Waals surface area (Å²) in [5.41, 5.74) is 0.173. The van der Waals surface area contributed by atoms with Crippen molar-refractivity contribution in [2.45, 2.75) is 12.7 Å². The minimum atomic E-state index is -4.47. The summed E-state index contributed by atoms with van der Waals surface area (Å²) in [6.45, 7) is 3.67. The number of thiazole rings is 1. The van der Waals surface area contributed by atoms with Crippen LogP contribution in [-0.4, -0.2) is 57.8 Å². The number of hydrogen-bond acceptors (Lipinski definition) is 7. The Bertz CT molecular complexity index is 1440. The standard InChI is InChI=1S/C28H24F3N5O3S/c29-28(30,31)21-5-1-19(2-6-21)26(37)34-22-7-10-24(33-17-22)39-23-8-3-20(4-9-23)27(38)36-14-12-35(13-15-36)18-25-32-11-16-40-25/h1-11,16-17H,12-15,18H2,(H,34,37). The molecule has 40 heavy (non-hydrogen) atoms. The fourth-order valence-electron chi connectivity index (χ4n) is 4.13. The molecule has 3 heterocycles. The topological polar surface area (TPSA) is 87.7 Å². The van der Waals surface area contributed by atoms with Crippen LogP contribution < -0.4 is 10.1 Å². The molecule has 2 aromatic carbocycles. The van der Waals surface area contributed by atoms with Gasteiger partial charge in [-0.3, -0.25) is 14.5 Å². The van der Waals surface area contributed by atoms with Crippen LogP contribution in [0.2, 0.25) is 0 Å². The van der Waals surface area contributed by atoms with Gasteiger partial charge in [-0.2, -0.15) is 13.2 Å². The van der Waals surface area contributed by atoms with Crippen molar-refractivity contribution in [2.24, 2.45) is 0 Å². The maximum atomic E-state index is 12.9. The van der Waals surface area contributed by atoms with Gasteiger partial charge in [0.25, 0.3) is 11.8 Å². The number of rotatable bonds is 7. The Kier molecular flexibility index (Phi) is 8.08. The Morgan fingerprint density at radius 2 is 1.60 bits per heavy atom. The monoisotopic (exact) mass is 567 g/mol. The number of piperazine rings is 1. The first-order valence-electron chi connectivity index (χ1n) is 12.4. The van der Waals surface area contributed by atoms with E-state index in [1.54, 1.807) is 53.9 Å². The van der Waals surface area contributed by atoms with Crippen molar-refractivity contribution in [2.75, 3.05) is 31.5 Å². The maximum Gasteiger partial charge on any atom is 0.416 e. The number of anilines is 1. The number of alkyl halides is 3. The molecule has 0 atom stereocenters. The number of hydrogen-bond donors (Lipinski definition) is 1. The number of halogens is 3. The van der Waals surface area contributed by atoms with Crippen LogP contribution in [0.4, 0.5) is 18.9 Å². The second-order valence-electron chi connectivity index (χ2n) is 9.03. The number of amides is 2. The van der Waals surface area contributed by atoms with Gasteiger partial charge in [-0.1, -0.05) is 0 Å². The quantitative estimate of drug-likeness (QED) is 0.315. The summed E-state index contributed by atoms with van der Waals surface area (Å²) < 4.78 is 43.9. The molecule has 0 aliphatic carbocycles. The lowest BCUT2D eigenvalue weighted by atomic mass is 10.1. The lowest BCUT2D eigenvalue weighted by Crippen LogP contribution is -2.48. The van der Waals surface area contributed by atoms with E-state index in [0.717, 1.165) is 48.9 Å². The molecular weight excluding hydrogens is 543 g/mol. The Morgan fingerprint density at radius 1 is 0.900 bits per heavy atom. The summed E-state index contributed by atoms with van der Waals surface area (Å²) in [5, 5.41) is 5.62. The molecule has 2 aromatic heterocycles.